The first-order chi connectivity index (χ1) is 11.5. The predicted octanol–water partition coefficient (Wildman–Crippen LogP) is 1.81. The largest absolute Gasteiger partial charge is 0.495 e. The fraction of sp³-hybridized carbons (Fsp3) is 0.438. The molecule has 2 N–H and O–H groups in total. The van der Waals surface area contributed by atoms with Crippen LogP contribution >= 0.6 is 0 Å². The number of rotatable bonds is 4. The van der Waals surface area contributed by atoms with E-state index in [4.69, 9.17) is 9.84 Å². The highest BCUT2D eigenvalue weighted by Crippen LogP contribution is 2.27. The van der Waals surface area contributed by atoms with E-state index < -0.39 is 23.9 Å². The molecule has 1 heterocycles. The number of aliphatic carboxylic acids is 1. The van der Waals surface area contributed by atoms with Gasteiger partial charge in [-0.3, -0.25) is 4.79 Å². The fourth-order valence-electron chi connectivity index (χ4n) is 2.60. The van der Waals surface area contributed by atoms with Crippen LogP contribution in [0.15, 0.2) is 18.2 Å². The highest BCUT2D eigenvalue weighted by atomic mass is 16.5. The lowest BCUT2D eigenvalue weighted by molar-refractivity contribution is -0.143. The molecule has 2 rings (SSSR count). The van der Waals surface area contributed by atoms with Gasteiger partial charge in [0.05, 0.1) is 31.4 Å². The zero-order valence-electron chi connectivity index (χ0n) is 13.6. The number of anilines is 1. The van der Waals surface area contributed by atoms with Crippen LogP contribution in [0, 0.1) is 5.92 Å². The van der Waals surface area contributed by atoms with Crippen LogP contribution in [-0.4, -0.2) is 55.3 Å². The number of hydrogen-bond acceptors (Lipinski definition) is 5. The maximum absolute atomic E-state index is 12.4. The first kappa shape index (κ1) is 17.6. The van der Waals surface area contributed by atoms with Crippen molar-refractivity contribution >= 4 is 23.7 Å². The molecular weight excluding hydrogens is 316 g/mol. The molecule has 1 aromatic carbocycles. The van der Waals surface area contributed by atoms with Crippen LogP contribution < -0.4 is 10.1 Å². The zero-order valence-corrected chi connectivity index (χ0v) is 13.6. The summed E-state index contributed by atoms with van der Waals surface area (Å²) in [7, 11) is 2.70. The van der Waals surface area contributed by atoms with Crippen LogP contribution in [-0.2, 0) is 9.53 Å². The molecule has 1 saturated heterocycles. The number of urea groups is 1. The number of ether oxygens (including phenoxy) is 2. The summed E-state index contributed by atoms with van der Waals surface area (Å²) < 4.78 is 9.83. The maximum Gasteiger partial charge on any atom is 0.337 e. The summed E-state index contributed by atoms with van der Waals surface area (Å²) in [5, 5.41) is 11.8. The smallest absolute Gasteiger partial charge is 0.337 e. The highest BCUT2D eigenvalue weighted by molar-refractivity contribution is 5.94. The molecule has 0 aliphatic carbocycles. The second-order valence-electron chi connectivity index (χ2n) is 5.46. The van der Waals surface area contributed by atoms with Crippen molar-refractivity contribution in [3.8, 4) is 5.75 Å². The van der Waals surface area contributed by atoms with Gasteiger partial charge in [0.15, 0.2) is 0 Å². The van der Waals surface area contributed by atoms with Gasteiger partial charge in [0.2, 0.25) is 0 Å². The molecule has 1 aromatic rings. The molecule has 130 valence electrons. The number of methoxy groups -OCH3 is 2. The number of amides is 2. The van der Waals surface area contributed by atoms with Gasteiger partial charge >= 0.3 is 18.0 Å². The Balaban J connectivity index is 2.10. The molecule has 1 atom stereocenters. The lowest BCUT2D eigenvalue weighted by Gasteiger charge is -2.30. The molecule has 1 aliphatic rings. The Hall–Kier alpha value is -2.77. The summed E-state index contributed by atoms with van der Waals surface area (Å²) >= 11 is 0. The number of likely N-dealkylation sites (tertiary alicyclic amines) is 1. The van der Waals surface area contributed by atoms with Gasteiger partial charge in [0.1, 0.15) is 5.75 Å². The Kier molecular flexibility index (Phi) is 5.62. The lowest BCUT2D eigenvalue weighted by Crippen LogP contribution is -2.44. The summed E-state index contributed by atoms with van der Waals surface area (Å²) in [5.74, 6) is -1.63. The highest BCUT2D eigenvalue weighted by Gasteiger charge is 2.28. The van der Waals surface area contributed by atoms with Crippen molar-refractivity contribution in [2.45, 2.75) is 12.8 Å². The second kappa shape index (κ2) is 7.67. The summed E-state index contributed by atoms with van der Waals surface area (Å²) in [6.45, 7) is 0.669. The summed E-state index contributed by atoms with van der Waals surface area (Å²) in [4.78, 5) is 36.4. The third-order valence-corrected chi connectivity index (χ3v) is 3.92. The van der Waals surface area contributed by atoms with Crippen LogP contribution in [0.25, 0.3) is 0 Å². The summed E-state index contributed by atoms with van der Waals surface area (Å²) in [5.41, 5.74) is 0.698. The SMILES string of the molecule is COC(=O)c1ccc(NC(=O)N2CCCC(C(=O)O)C2)c(OC)c1. The van der Waals surface area contributed by atoms with Crippen LogP contribution in [0.5, 0.6) is 5.75 Å². The second-order valence-corrected chi connectivity index (χ2v) is 5.46. The monoisotopic (exact) mass is 336 g/mol. The Morgan fingerprint density at radius 3 is 2.67 bits per heavy atom. The minimum atomic E-state index is -0.896. The van der Waals surface area contributed by atoms with Crippen molar-refractivity contribution in [3.05, 3.63) is 23.8 Å². The summed E-state index contributed by atoms with van der Waals surface area (Å²) in [6, 6.07) is 4.13. The zero-order chi connectivity index (χ0) is 17.7. The quantitative estimate of drug-likeness (QED) is 0.813. The third kappa shape index (κ3) is 3.95. The average molecular weight is 336 g/mol. The molecule has 1 aliphatic heterocycles. The minimum absolute atomic E-state index is 0.170. The van der Waals surface area contributed by atoms with Gasteiger partial charge in [0.25, 0.3) is 0 Å². The Labute approximate surface area is 139 Å². The van der Waals surface area contributed by atoms with Gasteiger partial charge in [-0.1, -0.05) is 0 Å². The molecule has 0 radical (unpaired) electrons. The van der Waals surface area contributed by atoms with E-state index >= 15 is 0 Å². The van der Waals surface area contributed by atoms with Crippen molar-refractivity contribution in [2.24, 2.45) is 5.92 Å². The van der Waals surface area contributed by atoms with E-state index in [0.717, 1.165) is 0 Å². The summed E-state index contributed by atoms with van der Waals surface area (Å²) in [6.07, 6.45) is 1.21. The van der Waals surface area contributed by atoms with Crippen LogP contribution in [0.2, 0.25) is 0 Å². The molecular formula is C16H20N2O6. The molecule has 0 saturated carbocycles. The molecule has 8 nitrogen and oxygen atoms in total. The van der Waals surface area contributed by atoms with E-state index in [2.05, 4.69) is 10.1 Å². The standard InChI is InChI=1S/C16H20N2O6/c1-23-13-8-10(15(21)24-2)5-6-12(13)17-16(22)18-7-3-4-11(9-18)14(19)20/h5-6,8,11H,3-4,7,9H2,1-2H3,(H,17,22)(H,19,20). The van der Waals surface area contributed by atoms with Crippen LogP contribution in [0.3, 0.4) is 0 Å². The molecule has 1 unspecified atom stereocenters. The number of benzene rings is 1. The average Bonchev–Trinajstić information content (AvgIpc) is 2.61. The van der Waals surface area contributed by atoms with Gasteiger partial charge in [-0.15, -0.1) is 0 Å². The number of carbonyl (C=O) groups is 3. The van der Waals surface area contributed by atoms with E-state index in [1.54, 1.807) is 6.07 Å². The first-order valence-corrected chi connectivity index (χ1v) is 7.51. The molecule has 1 fully saturated rings. The Morgan fingerprint density at radius 2 is 2.04 bits per heavy atom. The molecule has 8 heteroatoms. The topological polar surface area (TPSA) is 105 Å². The van der Waals surface area contributed by atoms with Gasteiger partial charge < -0.3 is 24.8 Å². The molecule has 0 spiro atoms. The minimum Gasteiger partial charge on any atom is -0.495 e. The number of nitrogens with one attached hydrogen (secondary N) is 1. The van der Waals surface area contributed by atoms with Crippen LogP contribution in [0.1, 0.15) is 23.2 Å². The molecule has 0 aromatic heterocycles. The van der Waals surface area contributed by atoms with E-state index in [1.807, 2.05) is 0 Å². The molecule has 24 heavy (non-hydrogen) atoms. The fourth-order valence-corrected chi connectivity index (χ4v) is 2.60. The Morgan fingerprint density at radius 1 is 1.29 bits per heavy atom. The normalized spacial score (nSPS) is 17.1. The van der Waals surface area contributed by atoms with Gasteiger partial charge in [0, 0.05) is 13.1 Å². The van der Waals surface area contributed by atoms with Crippen molar-refractivity contribution in [1.29, 1.82) is 0 Å². The van der Waals surface area contributed by atoms with E-state index in [1.165, 1.54) is 31.3 Å². The molecule has 0 bridgehead atoms. The number of carboxylic acid groups (broad SMARTS) is 1. The van der Waals surface area contributed by atoms with Crippen molar-refractivity contribution in [3.63, 3.8) is 0 Å². The number of hydrogen-bond donors (Lipinski definition) is 2. The molecule has 2 amide bonds. The maximum atomic E-state index is 12.4. The van der Waals surface area contributed by atoms with Gasteiger partial charge in [-0.05, 0) is 31.0 Å². The Bertz CT molecular complexity index is 645. The van der Waals surface area contributed by atoms with Gasteiger partial charge in [-0.2, -0.15) is 0 Å². The van der Waals surface area contributed by atoms with Gasteiger partial charge in [-0.25, -0.2) is 9.59 Å². The van der Waals surface area contributed by atoms with Crippen molar-refractivity contribution in [1.82, 2.24) is 4.90 Å². The predicted molar refractivity (Wildman–Crippen MR) is 85.3 cm³/mol. The number of nitrogens with zero attached hydrogens (tertiary/aromatic N) is 1. The lowest BCUT2D eigenvalue weighted by atomic mass is 9.99. The van der Waals surface area contributed by atoms with Crippen molar-refractivity contribution < 1.29 is 29.0 Å². The number of carboxylic acids is 1. The number of esters is 1. The van der Waals surface area contributed by atoms with Crippen LogP contribution in [0.4, 0.5) is 10.5 Å². The number of carbonyl (C=O) groups excluding carboxylic acids is 2. The number of piperidine rings is 1. The van der Waals surface area contributed by atoms with E-state index in [0.29, 0.717) is 36.4 Å². The van der Waals surface area contributed by atoms with E-state index in [-0.39, 0.29) is 6.54 Å². The first-order valence-electron chi connectivity index (χ1n) is 7.51. The van der Waals surface area contributed by atoms with E-state index in [9.17, 15) is 14.4 Å². The third-order valence-electron chi connectivity index (χ3n) is 3.92. The van der Waals surface area contributed by atoms with Crippen molar-refractivity contribution in [2.75, 3.05) is 32.6 Å².